The van der Waals surface area contributed by atoms with Crippen LogP contribution in [0.15, 0.2) is 24.3 Å². The van der Waals surface area contributed by atoms with Crippen molar-refractivity contribution in [1.29, 1.82) is 0 Å². The molecule has 1 aromatic carbocycles. The summed E-state index contributed by atoms with van der Waals surface area (Å²) in [5, 5.41) is 18.7. The number of alkyl halides is 6. The average Bonchev–Trinajstić information content (AvgIpc) is 2.59. The number of halogens is 6. The van der Waals surface area contributed by atoms with E-state index in [1.807, 2.05) is 0 Å². The molecule has 162 valence electrons. The normalized spacial score (nSPS) is 19.1. The van der Waals surface area contributed by atoms with E-state index < -0.39 is 29.6 Å². The highest BCUT2D eigenvalue weighted by Crippen LogP contribution is 2.50. The summed E-state index contributed by atoms with van der Waals surface area (Å²) in [7, 11) is 0. The number of rotatable bonds is 3. The number of amides is 1. The van der Waals surface area contributed by atoms with Crippen molar-refractivity contribution in [1.82, 2.24) is 4.90 Å². The van der Waals surface area contributed by atoms with Gasteiger partial charge in [0.2, 0.25) is 0 Å². The van der Waals surface area contributed by atoms with Crippen LogP contribution in [0.4, 0.5) is 36.8 Å². The maximum atomic E-state index is 13.2. The van der Waals surface area contributed by atoms with Gasteiger partial charge < -0.3 is 20.0 Å². The van der Waals surface area contributed by atoms with Gasteiger partial charge in [-0.05, 0) is 31.5 Å². The minimum absolute atomic E-state index is 0.0487. The van der Waals surface area contributed by atoms with Crippen molar-refractivity contribution in [3.05, 3.63) is 35.4 Å². The molecule has 1 aliphatic heterocycles. The van der Waals surface area contributed by atoms with Gasteiger partial charge in [-0.15, -0.1) is 0 Å². The van der Waals surface area contributed by atoms with Gasteiger partial charge in [0, 0.05) is 36.9 Å². The SMILES string of the molecule is C/C=C\c1cc(C(O)(C(F)(F)F)C(F)(F)F)ccc1N1CCN(C(=O)O)C[C@H]1C. The molecule has 1 aliphatic rings. The van der Waals surface area contributed by atoms with Gasteiger partial charge in [-0.3, -0.25) is 0 Å². The third-order valence-corrected chi connectivity index (χ3v) is 4.82. The van der Waals surface area contributed by atoms with Crippen LogP contribution >= 0.6 is 0 Å². The van der Waals surface area contributed by atoms with E-state index in [0.717, 1.165) is 6.07 Å². The first-order chi connectivity index (χ1) is 13.2. The van der Waals surface area contributed by atoms with Crippen LogP contribution in [0, 0.1) is 0 Å². The van der Waals surface area contributed by atoms with Crippen molar-refractivity contribution in [3.8, 4) is 0 Å². The maximum Gasteiger partial charge on any atom is 0.430 e. The second kappa shape index (κ2) is 7.77. The van der Waals surface area contributed by atoms with Crippen LogP contribution in [0.1, 0.15) is 25.0 Å². The summed E-state index contributed by atoms with van der Waals surface area (Å²) >= 11 is 0. The van der Waals surface area contributed by atoms with E-state index in [4.69, 9.17) is 5.11 Å². The number of hydrogen-bond acceptors (Lipinski definition) is 3. The molecule has 1 heterocycles. The molecule has 1 aromatic rings. The Morgan fingerprint density at radius 3 is 2.17 bits per heavy atom. The van der Waals surface area contributed by atoms with Crippen LogP contribution in [-0.2, 0) is 5.60 Å². The van der Waals surface area contributed by atoms with Crippen molar-refractivity contribution >= 4 is 17.9 Å². The van der Waals surface area contributed by atoms with Crippen LogP contribution in [-0.4, -0.2) is 59.2 Å². The van der Waals surface area contributed by atoms with E-state index >= 15 is 0 Å². The van der Waals surface area contributed by atoms with Gasteiger partial charge in [0.1, 0.15) is 0 Å². The molecule has 5 nitrogen and oxygen atoms in total. The molecule has 0 unspecified atom stereocenters. The first-order valence-electron chi connectivity index (χ1n) is 8.61. The van der Waals surface area contributed by atoms with Gasteiger partial charge in [0.15, 0.2) is 0 Å². The molecule has 2 rings (SSSR count). The highest BCUT2D eigenvalue weighted by atomic mass is 19.4. The minimum Gasteiger partial charge on any atom is -0.465 e. The number of carbonyl (C=O) groups is 1. The number of hydrogen-bond donors (Lipinski definition) is 2. The molecule has 0 bridgehead atoms. The monoisotopic (exact) mass is 426 g/mol. The van der Waals surface area contributed by atoms with E-state index in [0.29, 0.717) is 17.8 Å². The van der Waals surface area contributed by atoms with Crippen molar-refractivity contribution in [2.24, 2.45) is 0 Å². The lowest BCUT2D eigenvalue weighted by Crippen LogP contribution is -2.54. The summed E-state index contributed by atoms with van der Waals surface area (Å²) in [5.74, 6) is 0. The van der Waals surface area contributed by atoms with E-state index in [1.165, 1.54) is 17.1 Å². The zero-order valence-corrected chi connectivity index (χ0v) is 15.6. The topological polar surface area (TPSA) is 64.0 Å². The number of carboxylic acid groups (broad SMARTS) is 1. The Morgan fingerprint density at radius 1 is 1.14 bits per heavy atom. The Labute approximate surface area is 162 Å². The van der Waals surface area contributed by atoms with Crippen LogP contribution in [0.3, 0.4) is 0 Å². The fraction of sp³-hybridized carbons (Fsp3) is 0.500. The summed E-state index contributed by atoms with van der Waals surface area (Å²) in [4.78, 5) is 14.0. The van der Waals surface area contributed by atoms with E-state index in [2.05, 4.69) is 0 Å². The Kier molecular flexibility index (Phi) is 6.12. The quantitative estimate of drug-likeness (QED) is 0.711. The number of aliphatic hydroxyl groups is 1. The predicted octanol–water partition coefficient (Wildman–Crippen LogP) is 4.22. The highest BCUT2D eigenvalue weighted by molar-refractivity contribution is 5.71. The Bertz CT molecular complexity index is 777. The smallest absolute Gasteiger partial charge is 0.430 e. The summed E-state index contributed by atoms with van der Waals surface area (Å²) in [5.41, 5.74) is -5.96. The van der Waals surface area contributed by atoms with Crippen molar-refractivity contribution in [3.63, 3.8) is 0 Å². The van der Waals surface area contributed by atoms with E-state index in [1.54, 1.807) is 18.7 Å². The van der Waals surface area contributed by atoms with Gasteiger partial charge in [-0.2, -0.15) is 26.3 Å². The van der Waals surface area contributed by atoms with Gasteiger partial charge >= 0.3 is 18.4 Å². The molecule has 1 fully saturated rings. The van der Waals surface area contributed by atoms with Crippen LogP contribution in [0.5, 0.6) is 0 Å². The van der Waals surface area contributed by atoms with Crippen molar-refractivity contribution in [2.45, 2.75) is 37.8 Å². The second-order valence-corrected chi connectivity index (χ2v) is 6.75. The lowest BCUT2D eigenvalue weighted by molar-refractivity contribution is -0.376. The highest BCUT2D eigenvalue weighted by Gasteiger charge is 2.71. The van der Waals surface area contributed by atoms with E-state index in [-0.39, 0.29) is 31.2 Å². The summed E-state index contributed by atoms with van der Waals surface area (Å²) in [6, 6.07) is 1.98. The fourth-order valence-electron chi connectivity index (χ4n) is 3.33. The van der Waals surface area contributed by atoms with Gasteiger partial charge in [-0.25, -0.2) is 4.79 Å². The molecule has 2 N–H and O–H groups in total. The van der Waals surface area contributed by atoms with Crippen LogP contribution in [0.2, 0.25) is 0 Å². The van der Waals surface area contributed by atoms with Gasteiger partial charge in [0.25, 0.3) is 5.60 Å². The maximum absolute atomic E-state index is 13.2. The molecule has 0 saturated carbocycles. The molecule has 0 aromatic heterocycles. The molecule has 11 heteroatoms. The molecule has 0 spiro atoms. The first-order valence-corrected chi connectivity index (χ1v) is 8.61. The average molecular weight is 426 g/mol. The molecule has 1 amide bonds. The van der Waals surface area contributed by atoms with Crippen molar-refractivity contribution < 1.29 is 41.4 Å². The lowest BCUT2D eigenvalue weighted by atomic mass is 9.90. The molecular formula is C18H20F6N2O3. The summed E-state index contributed by atoms with van der Waals surface area (Å²) < 4.78 is 79.1. The van der Waals surface area contributed by atoms with E-state index in [9.17, 15) is 36.2 Å². The molecule has 1 saturated heterocycles. The summed E-state index contributed by atoms with van der Waals surface area (Å²) in [6.07, 6.45) is -10.3. The predicted molar refractivity (Wildman–Crippen MR) is 93.6 cm³/mol. The first kappa shape index (κ1) is 22.9. The zero-order valence-electron chi connectivity index (χ0n) is 15.6. The molecule has 0 aliphatic carbocycles. The van der Waals surface area contributed by atoms with Gasteiger partial charge in [0.05, 0.1) is 0 Å². The largest absolute Gasteiger partial charge is 0.465 e. The van der Waals surface area contributed by atoms with Crippen LogP contribution < -0.4 is 4.90 Å². The molecular weight excluding hydrogens is 406 g/mol. The third-order valence-electron chi connectivity index (χ3n) is 4.82. The standard InChI is InChI=1S/C18H20F6N2O3/c1-3-4-12-9-13(16(29,17(19,20)21)18(22,23)24)5-6-14(12)26-8-7-25(15(27)28)10-11(26)2/h3-6,9,11,29H,7-8,10H2,1-2H3,(H,27,28)/b4-3-/t11-/m1/s1. The third kappa shape index (κ3) is 4.14. The number of allylic oxidation sites excluding steroid dienone is 1. The lowest BCUT2D eigenvalue weighted by Gasteiger charge is -2.41. The zero-order chi connectivity index (χ0) is 22.2. The molecule has 0 radical (unpaired) electrons. The molecule has 1 atom stereocenters. The van der Waals surface area contributed by atoms with Crippen LogP contribution in [0.25, 0.3) is 6.08 Å². The Morgan fingerprint density at radius 2 is 1.72 bits per heavy atom. The Balaban J connectivity index is 2.53. The number of anilines is 1. The Hall–Kier alpha value is -2.43. The number of benzene rings is 1. The van der Waals surface area contributed by atoms with Gasteiger partial charge in [-0.1, -0.05) is 18.2 Å². The number of nitrogens with zero attached hydrogens (tertiary/aromatic N) is 2. The number of piperazine rings is 1. The minimum atomic E-state index is -5.97. The summed E-state index contributed by atoms with van der Waals surface area (Å²) in [6.45, 7) is 3.71. The molecule has 29 heavy (non-hydrogen) atoms. The second-order valence-electron chi connectivity index (χ2n) is 6.75. The fourth-order valence-corrected chi connectivity index (χ4v) is 3.33. The van der Waals surface area contributed by atoms with Crippen molar-refractivity contribution in [2.75, 3.05) is 24.5 Å².